The normalized spacial score (nSPS) is 10.9. The van der Waals surface area contributed by atoms with E-state index in [1.54, 1.807) is 24.3 Å². The van der Waals surface area contributed by atoms with Crippen molar-refractivity contribution in [2.45, 2.75) is 34.6 Å². The van der Waals surface area contributed by atoms with Gasteiger partial charge in [0.05, 0.1) is 5.69 Å². The van der Waals surface area contributed by atoms with Crippen LogP contribution in [0.4, 0.5) is 17.1 Å². The molecule has 3 N–H and O–H groups in total. The molecular weight excluding hydrogens is 426 g/mol. The van der Waals surface area contributed by atoms with E-state index in [0.29, 0.717) is 11.5 Å². The van der Waals surface area contributed by atoms with E-state index in [4.69, 9.17) is 4.74 Å². The molecular formula is C29H29NO4. The van der Waals surface area contributed by atoms with Gasteiger partial charge in [0, 0.05) is 11.4 Å². The molecule has 0 atom stereocenters. The Morgan fingerprint density at radius 2 is 1.09 bits per heavy atom. The summed E-state index contributed by atoms with van der Waals surface area (Å²) in [5.41, 5.74) is 6.55. The molecule has 0 aliphatic heterocycles. The molecule has 4 rings (SSSR count). The zero-order chi connectivity index (χ0) is 24.6. The second-order valence-corrected chi connectivity index (χ2v) is 8.68. The summed E-state index contributed by atoms with van der Waals surface area (Å²) in [5, 5.41) is 31.0. The topological polar surface area (TPSA) is 73.2 Å². The van der Waals surface area contributed by atoms with Gasteiger partial charge in [0.1, 0.15) is 11.5 Å². The van der Waals surface area contributed by atoms with Crippen LogP contribution in [0, 0.1) is 34.6 Å². The van der Waals surface area contributed by atoms with Crippen LogP contribution >= 0.6 is 0 Å². The van der Waals surface area contributed by atoms with Crippen LogP contribution in [-0.4, -0.2) is 15.3 Å². The Bertz CT molecular complexity index is 1300. The fourth-order valence-corrected chi connectivity index (χ4v) is 4.05. The molecule has 0 heterocycles. The third kappa shape index (κ3) is 4.25. The van der Waals surface area contributed by atoms with E-state index >= 15 is 0 Å². The van der Waals surface area contributed by atoms with Crippen molar-refractivity contribution in [3.8, 4) is 28.7 Å². The molecule has 0 saturated heterocycles. The van der Waals surface area contributed by atoms with E-state index in [-0.39, 0.29) is 17.2 Å². The van der Waals surface area contributed by atoms with Crippen molar-refractivity contribution in [1.82, 2.24) is 0 Å². The second-order valence-electron chi connectivity index (χ2n) is 8.68. The monoisotopic (exact) mass is 455 g/mol. The van der Waals surface area contributed by atoms with E-state index < -0.39 is 0 Å². The van der Waals surface area contributed by atoms with Crippen LogP contribution in [0.2, 0.25) is 0 Å². The molecule has 174 valence electrons. The molecule has 0 amide bonds. The zero-order valence-corrected chi connectivity index (χ0v) is 20.0. The predicted octanol–water partition coefficient (Wildman–Crippen LogP) is 7.61. The van der Waals surface area contributed by atoms with Gasteiger partial charge in [-0.1, -0.05) is 24.3 Å². The van der Waals surface area contributed by atoms with Crippen LogP contribution in [0.3, 0.4) is 0 Å². The highest BCUT2D eigenvalue weighted by molar-refractivity contribution is 5.84. The number of rotatable bonds is 5. The standard InChI is InChI=1S/C29H29NO4/c1-17-9-8-11-25(31)29(17)34-28-12-7-6-10-22(28)30(23-13-20(4)26(32)15-18(23)2)24-14-21(5)27(33)16-19(24)3/h6-16,31-33H,1-5H3. The smallest absolute Gasteiger partial charge is 0.172 e. The number of para-hydroxylation sites is 3. The minimum absolute atomic E-state index is 0.0645. The molecule has 0 saturated carbocycles. The first-order valence-electron chi connectivity index (χ1n) is 11.1. The highest BCUT2D eigenvalue weighted by atomic mass is 16.5. The summed E-state index contributed by atoms with van der Waals surface area (Å²) >= 11 is 0. The molecule has 0 radical (unpaired) electrons. The van der Waals surface area contributed by atoms with Gasteiger partial charge >= 0.3 is 0 Å². The maximum atomic E-state index is 10.4. The molecule has 4 aromatic rings. The molecule has 5 heteroatoms. The average Bonchev–Trinajstić information content (AvgIpc) is 2.79. The molecule has 0 spiro atoms. The maximum absolute atomic E-state index is 10.4. The number of hydrogen-bond acceptors (Lipinski definition) is 5. The third-order valence-electron chi connectivity index (χ3n) is 6.02. The lowest BCUT2D eigenvalue weighted by molar-refractivity contribution is 0.409. The van der Waals surface area contributed by atoms with Crippen molar-refractivity contribution in [2.75, 3.05) is 4.90 Å². The SMILES string of the molecule is Cc1cc(N(c2cc(C)c(O)cc2C)c2ccccc2Oc2c(C)cccc2O)c(C)cc1O. The summed E-state index contributed by atoms with van der Waals surface area (Å²) in [7, 11) is 0. The first kappa shape index (κ1) is 23.1. The summed E-state index contributed by atoms with van der Waals surface area (Å²) in [6, 6.07) is 20.3. The van der Waals surface area contributed by atoms with Gasteiger partial charge in [0.2, 0.25) is 0 Å². The lowest BCUT2D eigenvalue weighted by atomic mass is 10.0. The number of ether oxygens (including phenoxy) is 1. The third-order valence-corrected chi connectivity index (χ3v) is 6.02. The fourth-order valence-electron chi connectivity index (χ4n) is 4.05. The zero-order valence-electron chi connectivity index (χ0n) is 20.0. The Labute approximate surface area is 200 Å². The first-order valence-corrected chi connectivity index (χ1v) is 11.1. The Kier molecular flexibility index (Phi) is 6.12. The average molecular weight is 456 g/mol. The summed E-state index contributed by atoms with van der Waals surface area (Å²) in [6.07, 6.45) is 0. The minimum Gasteiger partial charge on any atom is -0.508 e. The van der Waals surface area contributed by atoms with Gasteiger partial charge in [-0.05, 0) is 105 Å². The van der Waals surface area contributed by atoms with Crippen molar-refractivity contribution in [2.24, 2.45) is 0 Å². The molecule has 0 aromatic heterocycles. The van der Waals surface area contributed by atoms with Gasteiger partial charge in [-0.25, -0.2) is 0 Å². The second kappa shape index (κ2) is 9.02. The van der Waals surface area contributed by atoms with E-state index in [2.05, 4.69) is 4.90 Å². The molecule has 0 fully saturated rings. The van der Waals surface area contributed by atoms with E-state index in [0.717, 1.165) is 44.9 Å². The number of nitrogens with zero attached hydrogens (tertiary/aromatic N) is 1. The van der Waals surface area contributed by atoms with Crippen LogP contribution in [0.15, 0.2) is 66.7 Å². The summed E-state index contributed by atoms with van der Waals surface area (Å²) in [4.78, 5) is 2.06. The van der Waals surface area contributed by atoms with Crippen molar-refractivity contribution in [3.63, 3.8) is 0 Å². The van der Waals surface area contributed by atoms with E-state index in [9.17, 15) is 15.3 Å². The Balaban J connectivity index is 1.98. The molecule has 0 bridgehead atoms. The molecule has 34 heavy (non-hydrogen) atoms. The van der Waals surface area contributed by atoms with E-state index in [1.807, 2.05) is 77.1 Å². The number of aryl methyl sites for hydroxylation is 5. The number of hydrogen-bond donors (Lipinski definition) is 3. The van der Waals surface area contributed by atoms with Gasteiger partial charge in [-0.3, -0.25) is 0 Å². The van der Waals surface area contributed by atoms with Gasteiger partial charge < -0.3 is 25.0 Å². The first-order chi connectivity index (χ1) is 16.2. The number of aromatic hydroxyl groups is 3. The van der Waals surface area contributed by atoms with Crippen LogP contribution in [-0.2, 0) is 0 Å². The largest absolute Gasteiger partial charge is 0.508 e. The molecule has 4 aromatic carbocycles. The fraction of sp³-hybridized carbons (Fsp3) is 0.172. The molecule has 5 nitrogen and oxygen atoms in total. The lowest BCUT2D eigenvalue weighted by Crippen LogP contribution is -2.14. The summed E-state index contributed by atoms with van der Waals surface area (Å²) in [5.74, 6) is 1.48. The quantitative estimate of drug-likeness (QED) is 0.289. The molecule has 0 aliphatic rings. The maximum Gasteiger partial charge on any atom is 0.172 e. The van der Waals surface area contributed by atoms with Crippen LogP contribution in [0.5, 0.6) is 28.7 Å². The Morgan fingerprint density at radius 1 is 0.529 bits per heavy atom. The minimum atomic E-state index is 0.0645. The predicted molar refractivity (Wildman–Crippen MR) is 136 cm³/mol. The molecule has 0 unspecified atom stereocenters. The van der Waals surface area contributed by atoms with E-state index in [1.165, 1.54) is 0 Å². The van der Waals surface area contributed by atoms with Gasteiger partial charge in [0.15, 0.2) is 17.2 Å². The van der Waals surface area contributed by atoms with Crippen molar-refractivity contribution in [3.05, 3.63) is 94.5 Å². The lowest BCUT2D eigenvalue weighted by Gasteiger charge is -2.31. The Hall–Kier alpha value is -4.12. The summed E-state index contributed by atoms with van der Waals surface area (Å²) in [6.45, 7) is 9.50. The van der Waals surface area contributed by atoms with Crippen molar-refractivity contribution >= 4 is 17.1 Å². The highest BCUT2D eigenvalue weighted by Crippen LogP contribution is 2.47. The van der Waals surface area contributed by atoms with Crippen LogP contribution in [0.1, 0.15) is 27.8 Å². The number of phenolic OH excluding ortho intramolecular Hbond substituents is 3. The van der Waals surface area contributed by atoms with Crippen LogP contribution < -0.4 is 9.64 Å². The number of anilines is 3. The molecule has 0 aliphatic carbocycles. The summed E-state index contributed by atoms with van der Waals surface area (Å²) < 4.78 is 6.29. The van der Waals surface area contributed by atoms with Gasteiger partial charge in [-0.15, -0.1) is 0 Å². The highest BCUT2D eigenvalue weighted by Gasteiger charge is 2.23. The number of benzene rings is 4. The van der Waals surface area contributed by atoms with Crippen molar-refractivity contribution < 1.29 is 20.1 Å². The number of phenols is 3. The van der Waals surface area contributed by atoms with Gasteiger partial charge in [-0.2, -0.15) is 0 Å². The van der Waals surface area contributed by atoms with Gasteiger partial charge in [0.25, 0.3) is 0 Å². The van der Waals surface area contributed by atoms with Crippen molar-refractivity contribution in [1.29, 1.82) is 0 Å². The Morgan fingerprint density at radius 3 is 1.65 bits per heavy atom. The van der Waals surface area contributed by atoms with Crippen LogP contribution in [0.25, 0.3) is 0 Å².